The first-order valence-corrected chi connectivity index (χ1v) is 13.1. The molecule has 0 atom stereocenters. The third-order valence-corrected chi connectivity index (χ3v) is 7.19. The number of para-hydroxylation sites is 1. The molecule has 0 N–H and O–H groups in total. The van der Waals surface area contributed by atoms with Crippen LogP contribution in [0.15, 0.2) is 66.7 Å². The van der Waals surface area contributed by atoms with E-state index in [0.29, 0.717) is 19.1 Å². The molecule has 1 fully saturated rings. The predicted molar refractivity (Wildman–Crippen MR) is 150 cm³/mol. The Kier molecular flexibility index (Phi) is 7.73. The van der Waals surface area contributed by atoms with E-state index < -0.39 is 5.60 Å². The standard InChI is InChI=1S/C32H40N2O2/c1-23-19-28(20-24(2)25(23)3)27-12-10-11-26(21-27)22-34(29-13-8-7-9-14-29)30-15-17-33(18-16-30)31(35)36-32(4,5)6/h7-14,19-21,30H,15-18,22H2,1-6H3. The lowest BCUT2D eigenvalue weighted by molar-refractivity contribution is 0.0204. The summed E-state index contributed by atoms with van der Waals surface area (Å²) in [5.41, 5.74) is 8.60. The zero-order valence-electron chi connectivity index (χ0n) is 22.7. The summed E-state index contributed by atoms with van der Waals surface area (Å²) in [4.78, 5) is 16.9. The summed E-state index contributed by atoms with van der Waals surface area (Å²) in [7, 11) is 0. The van der Waals surface area contributed by atoms with Crippen LogP contribution in [0.4, 0.5) is 10.5 Å². The van der Waals surface area contributed by atoms with Crippen LogP contribution in [0.1, 0.15) is 55.9 Å². The van der Waals surface area contributed by atoms with Crippen LogP contribution >= 0.6 is 0 Å². The van der Waals surface area contributed by atoms with Gasteiger partial charge in [-0.3, -0.25) is 0 Å². The van der Waals surface area contributed by atoms with Crippen molar-refractivity contribution in [2.24, 2.45) is 0 Å². The third-order valence-electron chi connectivity index (χ3n) is 7.19. The number of aryl methyl sites for hydroxylation is 2. The molecule has 1 aliphatic heterocycles. The highest BCUT2D eigenvalue weighted by Crippen LogP contribution is 2.29. The molecule has 0 unspecified atom stereocenters. The second kappa shape index (κ2) is 10.8. The Balaban J connectivity index is 1.54. The molecule has 190 valence electrons. The number of nitrogens with zero attached hydrogens (tertiary/aromatic N) is 2. The largest absolute Gasteiger partial charge is 0.444 e. The Morgan fingerprint density at radius 2 is 1.53 bits per heavy atom. The fraction of sp³-hybridized carbons (Fsp3) is 0.406. The van der Waals surface area contributed by atoms with Crippen LogP contribution in [-0.4, -0.2) is 35.7 Å². The Morgan fingerprint density at radius 3 is 2.14 bits per heavy atom. The first kappa shape index (κ1) is 25.8. The monoisotopic (exact) mass is 484 g/mol. The van der Waals surface area contributed by atoms with E-state index in [1.54, 1.807) is 0 Å². The van der Waals surface area contributed by atoms with Gasteiger partial charge in [0.05, 0.1) is 0 Å². The molecule has 1 heterocycles. The first-order valence-electron chi connectivity index (χ1n) is 13.1. The number of carbonyl (C=O) groups excluding carboxylic acids is 1. The number of anilines is 1. The van der Waals surface area contributed by atoms with E-state index in [0.717, 1.165) is 19.4 Å². The average molecular weight is 485 g/mol. The van der Waals surface area contributed by atoms with Crippen LogP contribution in [0.2, 0.25) is 0 Å². The van der Waals surface area contributed by atoms with E-state index in [1.165, 1.54) is 39.1 Å². The van der Waals surface area contributed by atoms with Gasteiger partial charge < -0.3 is 14.5 Å². The molecule has 0 radical (unpaired) electrons. The summed E-state index contributed by atoms with van der Waals surface area (Å²) in [6.45, 7) is 14.6. The number of amides is 1. The summed E-state index contributed by atoms with van der Waals surface area (Å²) in [5, 5.41) is 0. The van der Waals surface area contributed by atoms with Crippen LogP contribution in [0.25, 0.3) is 11.1 Å². The summed E-state index contributed by atoms with van der Waals surface area (Å²) in [6, 6.07) is 24.5. The topological polar surface area (TPSA) is 32.8 Å². The second-order valence-electron chi connectivity index (χ2n) is 11.1. The molecule has 3 aromatic carbocycles. The smallest absolute Gasteiger partial charge is 0.410 e. The van der Waals surface area contributed by atoms with Crippen LogP contribution in [0.5, 0.6) is 0 Å². The lowest BCUT2D eigenvalue weighted by atomic mass is 9.95. The van der Waals surface area contributed by atoms with E-state index >= 15 is 0 Å². The normalized spacial score (nSPS) is 14.6. The van der Waals surface area contributed by atoms with Gasteiger partial charge in [-0.2, -0.15) is 0 Å². The highest BCUT2D eigenvalue weighted by molar-refractivity contribution is 5.68. The predicted octanol–water partition coefficient (Wildman–Crippen LogP) is 7.68. The Hall–Kier alpha value is -3.27. The molecule has 0 aromatic heterocycles. The van der Waals surface area contributed by atoms with Crippen molar-refractivity contribution in [2.45, 2.75) is 72.6 Å². The zero-order chi connectivity index (χ0) is 25.9. The summed E-state index contributed by atoms with van der Waals surface area (Å²) < 4.78 is 5.61. The van der Waals surface area contributed by atoms with Gasteiger partial charge in [-0.05, 0) is 106 Å². The number of hydrogen-bond donors (Lipinski definition) is 0. The highest BCUT2D eigenvalue weighted by atomic mass is 16.6. The van der Waals surface area contributed by atoms with Crippen molar-refractivity contribution < 1.29 is 9.53 Å². The number of likely N-dealkylation sites (tertiary alicyclic amines) is 1. The fourth-order valence-corrected chi connectivity index (χ4v) is 4.99. The molecule has 0 saturated carbocycles. The van der Waals surface area contributed by atoms with E-state index in [2.05, 4.69) is 92.4 Å². The molecule has 1 saturated heterocycles. The van der Waals surface area contributed by atoms with Gasteiger partial charge >= 0.3 is 6.09 Å². The lowest BCUT2D eigenvalue weighted by Crippen LogP contribution is -2.48. The van der Waals surface area contributed by atoms with Crippen molar-refractivity contribution in [1.82, 2.24) is 4.90 Å². The van der Waals surface area contributed by atoms with Gasteiger partial charge in [-0.15, -0.1) is 0 Å². The first-order chi connectivity index (χ1) is 17.1. The molecule has 1 aliphatic rings. The number of ether oxygens (including phenoxy) is 1. The molecule has 0 spiro atoms. The van der Waals surface area contributed by atoms with Crippen LogP contribution in [-0.2, 0) is 11.3 Å². The average Bonchev–Trinajstić information content (AvgIpc) is 2.85. The minimum absolute atomic E-state index is 0.205. The van der Waals surface area contributed by atoms with E-state index in [1.807, 2.05) is 25.7 Å². The maximum absolute atomic E-state index is 12.6. The van der Waals surface area contributed by atoms with Crippen LogP contribution in [0, 0.1) is 20.8 Å². The van der Waals surface area contributed by atoms with Gasteiger partial charge in [0, 0.05) is 31.4 Å². The van der Waals surface area contributed by atoms with Crippen LogP contribution < -0.4 is 4.90 Å². The van der Waals surface area contributed by atoms with Crippen molar-refractivity contribution in [1.29, 1.82) is 0 Å². The van der Waals surface area contributed by atoms with Gasteiger partial charge in [-0.1, -0.05) is 48.5 Å². The maximum atomic E-state index is 12.6. The molecule has 3 aromatic rings. The number of carbonyl (C=O) groups is 1. The molecular formula is C32H40N2O2. The van der Waals surface area contributed by atoms with E-state index in [-0.39, 0.29) is 6.09 Å². The van der Waals surface area contributed by atoms with Gasteiger partial charge in [0.2, 0.25) is 0 Å². The molecule has 1 amide bonds. The molecule has 0 aliphatic carbocycles. The Morgan fingerprint density at radius 1 is 0.889 bits per heavy atom. The highest BCUT2D eigenvalue weighted by Gasteiger charge is 2.30. The van der Waals surface area contributed by atoms with Crippen LogP contribution in [0.3, 0.4) is 0 Å². The molecule has 4 nitrogen and oxygen atoms in total. The zero-order valence-corrected chi connectivity index (χ0v) is 22.7. The SMILES string of the molecule is Cc1cc(-c2cccc(CN(c3ccccc3)C3CCN(C(=O)OC(C)(C)C)CC3)c2)cc(C)c1C. The van der Waals surface area contributed by atoms with Crippen molar-refractivity contribution in [3.05, 3.63) is 89.0 Å². The minimum Gasteiger partial charge on any atom is -0.444 e. The Labute approximate surface area is 216 Å². The second-order valence-corrected chi connectivity index (χ2v) is 11.1. The Bertz CT molecular complexity index is 1170. The lowest BCUT2D eigenvalue weighted by Gasteiger charge is -2.40. The van der Waals surface area contributed by atoms with Crippen molar-refractivity contribution in [3.63, 3.8) is 0 Å². The van der Waals surface area contributed by atoms with Gasteiger partial charge in [-0.25, -0.2) is 4.79 Å². The summed E-state index contributed by atoms with van der Waals surface area (Å²) in [6.07, 6.45) is 1.64. The summed E-state index contributed by atoms with van der Waals surface area (Å²) >= 11 is 0. The quantitative estimate of drug-likeness (QED) is 0.372. The number of piperidine rings is 1. The van der Waals surface area contributed by atoms with Crippen molar-refractivity contribution >= 4 is 11.8 Å². The van der Waals surface area contributed by atoms with E-state index in [4.69, 9.17) is 4.74 Å². The molecule has 4 heteroatoms. The molecule has 4 rings (SSSR count). The molecule has 0 bridgehead atoms. The van der Waals surface area contributed by atoms with Crippen molar-refractivity contribution in [3.8, 4) is 11.1 Å². The maximum Gasteiger partial charge on any atom is 0.410 e. The van der Waals surface area contributed by atoms with Crippen molar-refractivity contribution in [2.75, 3.05) is 18.0 Å². The fourth-order valence-electron chi connectivity index (χ4n) is 4.99. The van der Waals surface area contributed by atoms with Gasteiger partial charge in [0.15, 0.2) is 0 Å². The number of rotatable bonds is 5. The number of benzene rings is 3. The van der Waals surface area contributed by atoms with E-state index in [9.17, 15) is 4.79 Å². The summed E-state index contributed by atoms with van der Waals surface area (Å²) in [5.74, 6) is 0. The molecule has 36 heavy (non-hydrogen) atoms. The minimum atomic E-state index is -0.469. The van der Waals surface area contributed by atoms with Gasteiger partial charge in [0.1, 0.15) is 5.60 Å². The third kappa shape index (κ3) is 6.29. The number of hydrogen-bond acceptors (Lipinski definition) is 3. The van der Waals surface area contributed by atoms with Gasteiger partial charge in [0.25, 0.3) is 0 Å². The molecular weight excluding hydrogens is 444 g/mol.